The number of halogens is 2. The van der Waals surface area contributed by atoms with Gasteiger partial charge in [-0.2, -0.15) is 0 Å². The summed E-state index contributed by atoms with van der Waals surface area (Å²) in [5.41, 5.74) is -0.246. The lowest BCUT2D eigenvalue weighted by Gasteiger charge is -2.22. The number of carbonyl (C=O) groups excluding carboxylic acids is 1. The Hall–Kier alpha value is -2.41. The van der Waals surface area contributed by atoms with Crippen LogP contribution in [-0.4, -0.2) is 39.0 Å². The topological polar surface area (TPSA) is 79.6 Å². The molecule has 2 aliphatic rings. The maximum absolute atomic E-state index is 13.9. The number of carbonyl (C=O) groups is 2. The van der Waals surface area contributed by atoms with Crippen LogP contribution in [0.5, 0.6) is 0 Å². The van der Waals surface area contributed by atoms with Crippen molar-refractivity contribution in [3.63, 3.8) is 0 Å². The number of carboxylic acid groups (broad SMARTS) is 1. The van der Waals surface area contributed by atoms with Gasteiger partial charge in [0.1, 0.15) is 17.4 Å². The molecule has 1 saturated carbocycles. The monoisotopic (exact) mass is 378 g/mol. The minimum Gasteiger partial charge on any atom is -0.480 e. The molecule has 2 fully saturated rings. The Bertz CT molecular complexity index is 999. The Kier molecular flexibility index (Phi) is 3.99. The maximum Gasteiger partial charge on any atom is 0.326 e. The first-order valence-corrected chi connectivity index (χ1v) is 8.84. The number of hydrogen-bond acceptors (Lipinski definition) is 3. The molecule has 1 N–H and O–H groups in total. The van der Waals surface area contributed by atoms with Gasteiger partial charge in [-0.1, -0.05) is 11.6 Å². The number of aliphatic carboxylic acids is 1. The van der Waals surface area contributed by atoms with E-state index in [1.807, 2.05) is 0 Å². The summed E-state index contributed by atoms with van der Waals surface area (Å²) in [4.78, 5) is 38.3. The average Bonchev–Trinajstić information content (AvgIpc) is 3.31. The maximum atomic E-state index is 13.9. The first kappa shape index (κ1) is 17.0. The number of carboxylic acids is 1. The molecule has 8 heteroatoms. The van der Waals surface area contributed by atoms with Crippen LogP contribution in [0.1, 0.15) is 42.1 Å². The fraction of sp³-hybridized carbons (Fsp3) is 0.389. The Morgan fingerprint density at radius 3 is 2.62 bits per heavy atom. The Morgan fingerprint density at radius 1 is 1.23 bits per heavy atom. The normalized spacial score (nSPS) is 19.9. The van der Waals surface area contributed by atoms with Crippen LogP contribution in [0.3, 0.4) is 0 Å². The SMILES string of the molecule is O=C(O)[C@@H]1CCCN1C(=O)c1cn(C2CC2)c2cc(Cl)c(F)cc2c1=O. The highest BCUT2D eigenvalue weighted by atomic mass is 35.5. The largest absolute Gasteiger partial charge is 0.480 e. The lowest BCUT2D eigenvalue weighted by Crippen LogP contribution is -2.42. The zero-order valence-electron chi connectivity index (χ0n) is 13.7. The molecule has 2 aromatic rings. The number of pyridine rings is 1. The summed E-state index contributed by atoms with van der Waals surface area (Å²) in [5, 5.41) is 9.29. The van der Waals surface area contributed by atoms with E-state index in [1.54, 1.807) is 4.57 Å². The quantitative estimate of drug-likeness (QED) is 0.890. The smallest absolute Gasteiger partial charge is 0.326 e. The van der Waals surface area contributed by atoms with Crippen molar-refractivity contribution < 1.29 is 19.1 Å². The fourth-order valence-electron chi connectivity index (χ4n) is 3.57. The van der Waals surface area contributed by atoms with Gasteiger partial charge in [-0.05, 0) is 37.8 Å². The van der Waals surface area contributed by atoms with Crippen LogP contribution in [0, 0.1) is 5.82 Å². The van der Waals surface area contributed by atoms with Gasteiger partial charge >= 0.3 is 5.97 Å². The molecule has 1 saturated heterocycles. The van der Waals surface area contributed by atoms with E-state index < -0.39 is 29.2 Å². The van der Waals surface area contributed by atoms with Gasteiger partial charge in [0.05, 0.1) is 10.5 Å². The third-order valence-electron chi connectivity index (χ3n) is 5.04. The van der Waals surface area contributed by atoms with Crippen LogP contribution >= 0.6 is 11.6 Å². The Morgan fingerprint density at radius 2 is 1.96 bits per heavy atom. The van der Waals surface area contributed by atoms with Gasteiger partial charge in [0.15, 0.2) is 0 Å². The fourth-order valence-corrected chi connectivity index (χ4v) is 3.73. The molecule has 0 spiro atoms. The standard InChI is InChI=1S/C18H16ClFN2O4/c19-12-7-15-10(6-13(12)20)16(23)11(8-22(15)9-3-4-9)17(24)21-5-1-2-14(21)18(25)26/h6-9,14H,1-5H2,(H,25,26)/t14-/m0/s1. The second kappa shape index (κ2) is 6.09. The van der Waals surface area contributed by atoms with Gasteiger partial charge in [0.25, 0.3) is 5.91 Å². The molecule has 1 aliphatic heterocycles. The molecule has 1 aromatic carbocycles. The highest BCUT2D eigenvalue weighted by molar-refractivity contribution is 6.31. The summed E-state index contributed by atoms with van der Waals surface area (Å²) in [7, 11) is 0. The van der Waals surface area contributed by atoms with Gasteiger partial charge in [-0.3, -0.25) is 9.59 Å². The van der Waals surface area contributed by atoms with Crippen LogP contribution in [0.4, 0.5) is 4.39 Å². The summed E-state index contributed by atoms with van der Waals surface area (Å²) in [6, 6.07) is 1.64. The van der Waals surface area contributed by atoms with Crippen molar-refractivity contribution in [3.8, 4) is 0 Å². The number of aromatic nitrogens is 1. The third-order valence-corrected chi connectivity index (χ3v) is 5.33. The van der Waals surface area contributed by atoms with Crippen molar-refractivity contribution in [3.05, 3.63) is 45.0 Å². The zero-order valence-corrected chi connectivity index (χ0v) is 14.5. The van der Waals surface area contributed by atoms with E-state index in [2.05, 4.69) is 0 Å². The molecule has 1 aliphatic carbocycles. The number of fused-ring (bicyclic) bond motifs is 1. The highest BCUT2D eigenvalue weighted by Gasteiger charge is 2.36. The first-order valence-electron chi connectivity index (χ1n) is 8.46. The molecule has 4 rings (SSSR count). The van der Waals surface area contributed by atoms with E-state index in [0.29, 0.717) is 18.4 Å². The van der Waals surface area contributed by atoms with E-state index in [1.165, 1.54) is 17.2 Å². The summed E-state index contributed by atoms with van der Waals surface area (Å²) in [6.07, 6.45) is 4.17. The number of likely N-dealkylation sites (tertiary alicyclic amines) is 1. The lowest BCUT2D eigenvalue weighted by molar-refractivity contribution is -0.141. The van der Waals surface area contributed by atoms with Gasteiger partial charge < -0.3 is 14.6 Å². The molecule has 136 valence electrons. The van der Waals surface area contributed by atoms with E-state index >= 15 is 0 Å². The summed E-state index contributed by atoms with van der Waals surface area (Å²) in [6.45, 7) is 0.283. The minimum atomic E-state index is -1.09. The molecule has 0 unspecified atom stereocenters. The number of hydrogen-bond donors (Lipinski definition) is 1. The van der Waals surface area contributed by atoms with Crippen molar-refractivity contribution in [2.45, 2.75) is 37.8 Å². The first-order chi connectivity index (χ1) is 12.4. The van der Waals surface area contributed by atoms with Crippen LogP contribution < -0.4 is 5.43 Å². The van der Waals surface area contributed by atoms with Crippen LogP contribution in [0.15, 0.2) is 23.1 Å². The number of nitrogens with zero attached hydrogens (tertiary/aromatic N) is 2. The number of rotatable bonds is 3. The average molecular weight is 379 g/mol. The number of benzene rings is 1. The van der Waals surface area contributed by atoms with Crippen molar-refractivity contribution in [2.75, 3.05) is 6.54 Å². The van der Waals surface area contributed by atoms with E-state index in [9.17, 15) is 23.9 Å². The summed E-state index contributed by atoms with van der Waals surface area (Å²) < 4.78 is 15.7. The molecule has 1 aromatic heterocycles. The van der Waals surface area contributed by atoms with E-state index in [4.69, 9.17) is 11.6 Å². The predicted molar refractivity (Wildman–Crippen MR) is 93.1 cm³/mol. The molecule has 0 bridgehead atoms. The van der Waals surface area contributed by atoms with Crippen LogP contribution in [0.25, 0.3) is 10.9 Å². The van der Waals surface area contributed by atoms with Crippen molar-refractivity contribution >= 4 is 34.4 Å². The van der Waals surface area contributed by atoms with E-state index in [-0.39, 0.29) is 28.6 Å². The highest BCUT2D eigenvalue weighted by Crippen LogP contribution is 2.38. The molecule has 2 heterocycles. The van der Waals surface area contributed by atoms with Crippen molar-refractivity contribution in [2.24, 2.45) is 0 Å². The van der Waals surface area contributed by atoms with Gasteiger partial charge in [-0.25, -0.2) is 9.18 Å². The second-order valence-electron chi connectivity index (χ2n) is 6.79. The molecule has 1 amide bonds. The molecular formula is C18H16ClFN2O4. The van der Waals surface area contributed by atoms with Crippen molar-refractivity contribution in [1.82, 2.24) is 9.47 Å². The molecular weight excluding hydrogens is 363 g/mol. The summed E-state index contributed by atoms with van der Waals surface area (Å²) >= 11 is 5.87. The number of amides is 1. The predicted octanol–water partition coefficient (Wildman–Crippen LogP) is 2.82. The Labute approximate surface area is 152 Å². The van der Waals surface area contributed by atoms with E-state index in [0.717, 1.165) is 18.9 Å². The van der Waals surface area contributed by atoms with Gasteiger partial charge in [0.2, 0.25) is 5.43 Å². The lowest BCUT2D eigenvalue weighted by atomic mass is 10.1. The van der Waals surface area contributed by atoms with Crippen LogP contribution in [0.2, 0.25) is 5.02 Å². The van der Waals surface area contributed by atoms with Gasteiger partial charge in [0, 0.05) is 24.2 Å². The second-order valence-corrected chi connectivity index (χ2v) is 7.20. The molecule has 1 atom stereocenters. The molecule has 0 radical (unpaired) electrons. The van der Waals surface area contributed by atoms with Gasteiger partial charge in [-0.15, -0.1) is 0 Å². The third kappa shape index (κ3) is 2.67. The van der Waals surface area contributed by atoms with Crippen molar-refractivity contribution in [1.29, 1.82) is 0 Å². The molecule has 6 nitrogen and oxygen atoms in total. The Balaban J connectivity index is 1.89. The van der Waals surface area contributed by atoms with Crippen LogP contribution in [-0.2, 0) is 4.79 Å². The zero-order chi connectivity index (χ0) is 18.6. The minimum absolute atomic E-state index is 0.0794. The summed E-state index contributed by atoms with van der Waals surface area (Å²) in [5.74, 6) is -2.43. The molecule has 26 heavy (non-hydrogen) atoms.